The summed E-state index contributed by atoms with van der Waals surface area (Å²) in [6, 6.07) is 16.6. The smallest absolute Gasteiger partial charge is 0.236 e. The van der Waals surface area contributed by atoms with Crippen LogP contribution < -0.4 is 5.32 Å². The minimum Gasteiger partial charge on any atom is -0.342 e. The van der Waals surface area contributed by atoms with E-state index in [1.54, 1.807) is 6.20 Å². The molecule has 1 saturated heterocycles. The number of nitrogens with zero attached hydrogens (tertiary/aromatic N) is 2. The van der Waals surface area contributed by atoms with Crippen LogP contribution in [0.25, 0.3) is 0 Å². The summed E-state index contributed by atoms with van der Waals surface area (Å²) in [4.78, 5) is 18.8. The molecule has 3 rings (SSSR count). The average Bonchev–Trinajstić information content (AvgIpc) is 2.68. The zero-order chi connectivity index (χ0) is 17.5. The van der Waals surface area contributed by atoms with Crippen molar-refractivity contribution in [2.75, 3.05) is 19.6 Å². The van der Waals surface area contributed by atoms with Crippen LogP contribution in [0.5, 0.6) is 0 Å². The topological polar surface area (TPSA) is 45.2 Å². The molecule has 132 valence electrons. The first-order valence-electron chi connectivity index (χ1n) is 9.18. The standard InChI is InChI=1S/C21H27N3O/c1-17(20-9-5-6-12-22-20)23-16-21(25)24-13-10-19(11-14-24)15-18-7-3-2-4-8-18/h2-9,12,17,19,23H,10-11,13-16H2,1H3. The van der Waals surface area contributed by atoms with Crippen LogP contribution in [-0.2, 0) is 11.2 Å². The largest absolute Gasteiger partial charge is 0.342 e. The normalized spacial score (nSPS) is 16.6. The van der Waals surface area contributed by atoms with Gasteiger partial charge in [0.05, 0.1) is 12.2 Å². The molecule has 0 bridgehead atoms. The zero-order valence-corrected chi connectivity index (χ0v) is 14.9. The minimum absolute atomic E-state index is 0.0840. The summed E-state index contributed by atoms with van der Waals surface area (Å²) in [6.45, 7) is 4.16. The molecule has 1 atom stereocenters. The van der Waals surface area contributed by atoms with Crippen LogP contribution >= 0.6 is 0 Å². The van der Waals surface area contributed by atoms with Gasteiger partial charge < -0.3 is 10.2 Å². The number of pyridine rings is 1. The number of carbonyl (C=O) groups is 1. The fourth-order valence-electron chi connectivity index (χ4n) is 3.42. The van der Waals surface area contributed by atoms with Gasteiger partial charge in [0.1, 0.15) is 0 Å². The van der Waals surface area contributed by atoms with E-state index in [1.807, 2.05) is 30.0 Å². The van der Waals surface area contributed by atoms with Gasteiger partial charge in [0, 0.05) is 25.3 Å². The molecule has 1 amide bonds. The lowest BCUT2D eigenvalue weighted by Crippen LogP contribution is -2.43. The van der Waals surface area contributed by atoms with Gasteiger partial charge in [-0.3, -0.25) is 9.78 Å². The van der Waals surface area contributed by atoms with Crippen molar-refractivity contribution in [3.63, 3.8) is 0 Å². The van der Waals surface area contributed by atoms with Gasteiger partial charge in [0.25, 0.3) is 0 Å². The van der Waals surface area contributed by atoms with Crippen LogP contribution in [0.15, 0.2) is 54.7 Å². The van der Waals surface area contributed by atoms with Crippen molar-refractivity contribution in [3.05, 3.63) is 66.0 Å². The number of benzene rings is 1. The number of nitrogens with one attached hydrogen (secondary N) is 1. The van der Waals surface area contributed by atoms with E-state index in [1.165, 1.54) is 5.56 Å². The number of amides is 1. The molecule has 2 heterocycles. The predicted octanol–water partition coefficient (Wildman–Crippen LogP) is 3.21. The lowest BCUT2D eigenvalue weighted by Gasteiger charge is -2.32. The second-order valence-corrected chi connectivity index (χ2v) is 6.87. The van der Waals surface area contributed by atoms with Crippen molar-refractivity contribution in [2.24, 2.45) is 5.92 Å². The maximum atomic E-state index is 12.4. The minimum atomic E-state index is 0.0840. The third-order valence-electron chi connectivity index (χ3n) is 5.03. The molecule has 1 unspecified atom stereocenters. The van der Waals surface area contributed by atoms with Crippen molar-refractivity contribution in [1.29, 1.82) is 0 Å². The highest BCUT2D eigenvalue weighted by Crippen LogP contribution is 2.21. The number of piperidine rings is 1. The first-order valence-corrected chi connectivity index (χ1v) is 9.18. The average molecular weight is 337 g/mol. The predicted molar refractivity (Wildman–Crippen MR) is 100 cm³/mol. The van der Waals surface area contributed by atoms with Crippen LogP contribution in [0.2, 0.25) is 0 Å². The molecule has 0 saturated carbocycles. The number of rotatable bonds is 6. The van der Waals surface area contributed by atoms with Gasteiger partial charge in [-0.2, -0.15) is 0 Å². The summed E-state index contributed by atoms with van der Waals surface area (Å²) in [6.07, 6.45) is 5.09. The van der Waals surface area contributed by atoms with Gasteiger partial charge in [-0.15, -0.1) is 0 Å². The third kappa shape index (κ3) is 5.13. The molecule has 1 aliphatic rings. The molecule has 25 heavy (non-hydrogen) atoms. The number of carbonyl (C=O) groups excluding carboxylic acids is 1. The van der Waals surface area contributed by atoms with E-state index >= 15 is 0 Å². The fraction of sp³-hybridized carbons (Fsp3) is 0.429. The molecule has 4 nitrogen and oxygen atoms in total. The molecule has 1 N–H and O–H groups in total. The zero-order valence-electron chi connectivity index (χ0n) is 14.9. The molecule has 0 radical (unpaired) electrons. The van der Waals surface area contributed by atoms with Gasteiger partial charge in [0.2, 0.25) is 5.91 Å². The van der Waals surface area contributed by atoms with E-state index in [0.717, 1.165) is 38.0 Å². The van der Waals surface area contributed by atoms with Crippen molar-refractivity contribution in [3.8, 4) is 0 Å². The van der Waals surface area contributed by atoms with Gasteiger partial charge in [-0.25, -0.2) is 0 Å². The van der Waals surface area contributed by atoms with E-state index in [0.29, 0.717) is 12.5 Å². The second kappa shape index (κ2) is 8.77. The molecule has 2 aromatic rings. The summed E-state index contributed by atoms with van der Waals surface area (Å²) in [5.41, 5.74) is 2.37. The monoisotopic (exact) mass is 337 g/mol. The van der Waals surface area contributed by atoms with Crippen LogP contribution in [0, 0.1) is 5.92 Å². The maximum absolute atomic E-state index is 12.4. The van der Waals surface area contributed by atoms with Crippen molar-refractivity contribution in [1.82, 2.24) is 15.2 Å². The van der Waals surface area contributed by atoms with Crippen LogP contribution in [0.4, 0.5) is 0 Å². The Bertz CT molecular complexity index is 651. The number of hydrogen-bond acceptors (Lipinski definition) is 3. The summed E-state index contributed by atoms with van der Waals surface area (Å²) >= 11 is 0. The number of hydrogen-bond donors (Lipinski definition) is 1. The Balaban J connectivity index is 1.41. The van der Waals surface area contributed by atoms with Crippen LogP contribution in [0.3, 0.4) is 0 Å². The molecule has 4 heteroatoms. The van der Waals surface area contributed by atoms with E-state index in [2.05, 4.69) is 40.6 Å². The Hall–Kier alpha value is -2.20. The van der Waals surface area contributed by atoms with Crippen LogP contribution in [0.1, 0.15) is 37.1 Å². The summed E-state index contributed by atoms with van der Waals surface area (Å²) in [5, 5.41) is 3.29. The lowest BCUT2D eigenvalue weighted by atomic mass is 9.90. The Morgan fingerprint density at radius 3 is 2.56 bits per heavy atom. The Kier molecular flexibility index (Phi) is 6.18. The third-order valence-corrected chi connectivity index (χ3v) is 5.03. The molecule has 0 aliphatic carbocycles. The van der Waals surface area contributed by atoms with Gasteiger partial charge in [0.15, 0.2) is 0 Å². The van der Waals surface area contributed by atoms with Crippen molar-refractivity contribution >= 4 is 5.91 Å². The molecule has 0 spiro atoms. The van der Waals surface area contributed by atoms with Crippen LogP contribution in [-0.4, -0.2) is 35.4 Å². The Labute approximate surface area is 150 Å². The highest BCUT2D eigenvalue weighted by atomic mass is 16.2. The molecule has 1 aromatic carbocycles. The maximum Gasteiger partial charge on any atom is 0.236 e. The number of likely N-dealkylation sites (tertiary alicyclic amines) is 1. The van der Waals surface area contributed by atoms with E-state index in [4.69, 9.17) is 0 Å². The van der Waals surface area contributed by atoms with Gasteiger partial charge in [-0.1, -0.05) is 36.4 Å². The van der Waals surface area contributed by atoms with Crippen molar-refractivity contribution < 1.29 is 4.79 Å². The quantitative estimate of drug-likeness (QED) is 0.880. The lowest BCUT2D eigenvalue weighted by molar-refractivity contribution is -0.131. The summed E-state index contributed by atoms with van der Waals surface area (Å²) in [5.74, 6) is 0.882. The summed E-state index contributed by atoms with van der Waals surface area (Å²) in [7, 11) is 0. The van der Waals surface area contributed by atoms with Crippen molar-refractivity contribution in [2.45, 2.75) is 32.2 Å². The Morgan fingerprint density at radius 2 is 1.88 bits per heavy atom. The highest BCUT2D eigenvalue weighted by molar-refractivity contribution is 5.78. The molecule has 1 fully saturated rings. The SMILES string of the molecule is CC(NCC(=O)N1CCC(Cc2ccccc2)CC1)c1ccccn1. The summed E-state index contributed by atoms with van der Waals surface area (Å²) < 4.78 is 0. The highest BCUT2D eigenvalue weighted by Gasteiger charge is 2.23. The molecular weight excluding hydrogens is 310 g/mol. The molecule has 1 aromatic heterocycles. The van der Waals surface area contributed by atoms with E-state index in [-0.39, 0.29) is 11.9 Å². The number of aromatic nitrogens is 1. The first kappa shape index (κ1) is 17.6. The van der Waals surface area contributed by atoms with E-state index < -0.39 is 0 Å². The van der Waals surface area contributed by atoms with Gasteiger partial charge in [-0.05, 0) is 49.8 Å². The van der Waals surface area contributed by atoms with E-state index in [9.17, 15) is 4.79 Å². The second-order valence-electron chi connectivity index (χ2n) is 6.87. The molecular formula is C21H27N3O. The Morgan fingerprint density at radius 1 is 1.16 bits per heavy atom. The fourth-order valence-corrected chi connectivity index (χ4v) is 3.42. The first-order chi connectivity index (χ1) is 12.2. The molecule has 1 aliphatic heterocycles. The van der Waals surface area contributed by atoms with Gasteiger partial charge >= 0.3 is 0 Å².